The van der Waals surface area contributed by atoms with E-state index in [2.05, 4.69) is 0 Å². The highest BCUT2D eigenvalue weighted by Crippen LogP contribution is 2.24. The molecule has 0 saturated carbocycles. The van der Waals surface area contributed by atoms with Crippen LogP contribution >= 0.6 is 0 Å². The lowest BCUT2D eigenvalue weighted by molar-refractivity contribution is 0.146. The number of sulfonamides is 1. The van der Waals surface area contributed by atoms with E-state index < -0.39 is 10.0 Å². The number of benzene rings is 1. The van der Waals surface area contributed by atoms with Crippen LogP contribution in [0.4, 0.5) is 0 Å². The predicted octanol–water partition coefficient (Wildman–Crippen LogP) is 1.07. The van der Waals surface area contributed by atoms with Crippen LogP contribution in [0.5, 0.6) is 5.75 Å². The lowest BCUT2D eigenvalue weighted by atomic mass is 9.99. The minimum atomic E-state index is -3.42. The van der Waals surface area contributed by atoms with Crippen LogP contribution < -0.4 is 10.5 Å². The van der Waals surface area contributed by atoms with E-state index in [0.29, 0.717) is 49.4 Å². The summed E-state index contributed by atoms with van der Waals surface area (Å²) in [7, 11) is -1.82. The van der Waals surface area contributed by atoms with Crippen LogP contribution in [0.2, 0.25) is 0 Å². The Hall–Kier alpha value is -1.15. The van der Waals surface area contributed by atoms with Crippen molar-refractivity contribution >= 4 is 10.0 Å². The van der Waals surface area contributed by atoms with Crippen molar-refractivity contribution in [2.24, 2.45) is 11.7 Å². The SMILES string of the molecule is COCCOc1ccc(S(=O)(=O)N2CCC(CN)CC2)cc1. The second kappa shape index (κ2) is 7.92. The molecule has 1 aromatic rings. The van der Waals surface area contributed by atoms with Gasteiger partial charge < -0.3 is 15.2 Å². The third-order valence-electron chi connectivity index (χ3n) is 3.92. The van der Waals surface area contributed by atoms with Crippen molar-refractivity contribution in [2.75, 3.05) is 40.0 Å². The highest BCUT2D eigenvalue weighted by atomic mass is 32.2. The standard InChI is InChI=1S/C15H24N2O4S/c1-20-10-11-21-14-2-4-15(5-3-14)22(18,19)17-8-6-13(12-16)7-9-17/h2-5,13H,6-12,16H2,1H3. The van der Waals surface area contributed by atoms with Crippen molar-refractivity contribution in [3.8, 4) is 5.75 Å². The first kappa shape index (κ1) is 17.2. The van der Waals surface area contributed by atoms with Crippen molar-refractivity contribution in [1.82, 2.24) is 4.31 Å². The molecule has 0 radical (unpaired) electrons. The van der Waals surface area contributed by atoms with E-state index >= 15 is 0 Å². The van der Waals surface area contributed by atoms with Crippen LogP contribution in [0.3, 0.4) is 0 Å². The summed E-state index contributed by atoms with van der Waals surface area (Å²) in [4.78, 5) is 0.304. The van der Waals surface area contributed by atoms with E-state index in [0.717, 1.165) is 12.8 Å². The number of hydrogen-bond acceptors (Lipinski definition) is 5. The van der Waals surface area contributed by atoms with Gasteiger partial charge in [0.05, 0.1) is 11.5 Å². The molecule has 0 atom stereocenters. The molecular formula is C15H24N2O4S. The van der Waals surface area contributed by atoms with Crippen LogP contribution in [-0.4, -0.2) is 52.7 Å². The molecule has 1 fully saturated rings. The maximum atomic E-state index is 12.6. The zero-order chi connectivity index (χ0) is 16.0. The molecule has 1 aliphatic rings. The van der Waals surface area contributed by atoms with Gasteiger partial charge in [-0.15, -0.1) is 0 Å². The zero-order valence-corrected chi connectivity index (χ0v) is 13.7. The molecule has 6 nitrogen and oxygen atoms in total. The number of nitrogens with two attached hydrogens (primary N) is 1. The first-order valence-corrected chi connectivity index (χ1v) is 8.94. The van der Waals surface area contributed by atoms with Crippen LogP contribution in [-0.2, 0) is 14.8 Å². The fourth-order valence-electron chi connectivity index (χ4n) is 2.49. The van der Waals surface area contributed by atoms with Gasteiger partial charge in [0.15, 0.2) is 0 Å². The lowest BCUT2D eigenvalue weighted by Crippen LogP contribution is -2.39. The summed E-state index contributed by atoms with van der Waals surface area (Å²) < 4.78 is 37.1. The molecule has 0 unspecified atom stereocenters. The lowest BCUT2D eigenvalue weighted by Gasteiger charge is -2.30. The van der Waals surface area contributed by atoms with Gasteiger partial charge in [-0.1, -0.05) is 0 Å². The molecule has 2 rings (SSSR count). The van der Waals surface area contributed by atoms with Crippen LogP contribution in [0.25, 0.3) is 0 Å². The molecule has 1 aromatic carbocycles. The monoisotopic (exact) mass is 328 g/mol. The third-order valence-corrected chi connectivity index (χ3v) is 5.84. The van der Waals surface area contributed by atoms with E-state index in [-0.39, 0.29) is 0 Å². The van der Waals surface area contributed by atoms with Crippen LogP contribution in [0.1, 0.15) is 12.8 Å². The maximum Gasteiger partial charge on any atom is 0.243 e. The second-order valence-electron chi connectivity index (χ2n) is 5.40. The highest BCUT2D eigenvalue weighted by molar-refractivity contribution is 7.89. The Bertz CT molecular complexity index is 551. The second-order valence-corrected chi connectivity index (χ2v) is 7.33. The molecule has 22 heavy (non-hydrogen) atoms. The van der Waals surface area contributed by atoms with E-state index in [1.54, 1.807) is 35.7 Å². The van der Waals surface area contributed by atoms with Gasteiger partial charge in [-0.3, -0.25) is 0 Å². The molecule has 1 aliphatic heterocycles. The fraction of sp³-hybridized carbons (Fsp3) is 0.600. The maximum absolute atomic E-state index is 12.6. The molecule has 0 bridgehead atoms. The molecule has 0 aliphatic carbocycles. The number of hydrogen-bond donors (Lipinski definition) is 1. The Balaban J connectivity index is 2.00. The molecule has 124 valence electrons. The van der Waals surface area contributed by atoms with Gasteiger partial charge >= 0.3 is 0 Å². The van der Waals surface area contributed by atoms with Crippen LogP contribution in [0, 0.1) is 5.92 Å². The quantitative estimate of drug-likeness (QED) is 0.757. The number of nitrogens with zero attached hydrogens (tertiary/aromatic N) is 1. The first-order chi connectivity index (χ1) is 10.6. The van der Waals surface area contributed by atoms with Gasteiger partial charge in [-0.05, 0) is 49.6 Å². The average molecular weight is 328 g/mol. The third kappa shape index (κ3) is 4.19. The highest BCUT2D eigenvalue weighted by Gasteiger charge is 2.28. The Kier molecular flexibility index (Phi) is 6.19. The number of ether oxygens (including phenoxy) is 2. The Morgan fingerprint density at radius 3 is 2.36 bits per heavy atom. The average Bonchev–Trinajstić information content (AvgIpc) is 2.55. The molecule has 1 saturated heterocycles. The summed E-state index contributed by atoms with van der Waals surface area (Å²) >= 11 is 0. The van der Waals surface area contributed by atoms with Gasteiger partial charge in [0, 0.05) is 20.2 Å². The summed E-state index contributed by atoms with van der Waals surface area (Å²) in [6, 6.07) is 6.53. The summed E-state index contributed by atoms with van der Waals surface area (Å²) in [5.74, 6) is 1.07. The molecule has 1 heterocycles. The van der Waals surface area contributed by atoms with Gasteiger partial charge in [0.25, 0.3) is 0 Å². The van der Waals surface area contributed by atoms with Crippen molar-refractivity contribution in [1.29, 1.82) is 0 Å². The summed E-state index contributed by atoms with van der Waals surface area (Å²) in [6.45, 7) is 2.64. The van der Waals surface area contributed by atoms with Crippen molar-refractivity contribution < 1.29 is 17.9 Å². The Labute approximate surface area is 132 Å². The first-order valence-electron chi connectivity index (χ1n) is 7.50. The van der Waals surface area contributed by atoms with Crippen LogP contribution in [0.15, 0.2) is 29.2 Å². The minimum Gasteiger partial charge on any atom is -0.491 e. The minimum absolute atomic E-state index is 0.304. The summed E-state index contributed by atoms with van der Waals surface area (Å²) in [6.07, 6.45) is 1.65. The Morgan fingerprint density at radius 2 is 1.82 bits per heavy atom. The molecule has 2 N–H and O–H groups in total. The number of methoxy groups -OCH3 is 1. The zero-order valence-electron chi connectivity index (χ0n) is 12.9. The number of piperidine rings is 1. The normalized spacial score (nSPS) is 17.5. The molecule has 0 aromatic heterocycles. The molecule has 7 heteroatoms. The van der Waals surface area contributed by atoms with E-state index in [1.165, 1.54) is 0 Å². The van der Waals surface area contributed by atoms with E-state index in [4.69, 9.17) is 15.2 Å². The van der Waals surface area contributed by atoms with Gasteiger partial charge in [-0.2, -0.15) is 4.31 Å². The Morgan fingerprint density at radius 1 is 1.18 bits per heavy atom. The van der Waals surface area contributed by atoms with Gasteiger partial charge in [0.1, 0.15) is 12.4 Å². The molecule has 0 spiro atoms. The predicted molar refractivity (Wildman–Crippen MR) is 84.4 cm³/mol. The summed E-state index contributed by atoms with van der Waals surface area (Å²) in [5.41, 5.74) is 5.64. The van der Waals surface area contributed by atoms with E-state index in [1.807, 2.05) is 0 Å². The number of rotatable bonds is 7. The smallest absolute Gasteiger partial charge is 0.243 e. The van der Waals surface area contributed by atoms with E-state index in [9.17, 15) is 8.42 Å². The summed E-state index contributed by atoms with van der Waals surface area (Å²) in [5, 5.41) is 0. The van der Waals surface area contributed by atoms with Crippen molar-refractivity contribution in [3.63, 3.8) is 0 Å². The fourth-order valence-corrected chi connectivity index (χ4v) is 3.95. The largest absolute Gasteiger partial charge is 0.491 e. The molecular weight excluding hydrogens is 304 g/mol. The topological polar surface area (TPSA) is 81.9 Å². The van der Waals surface area contributed by atoms with Crippen molar-refractivity contribution in [2.45, 2.75) is 17.7 Å². The van der Waals surface area contributed by atoms with Crippen molar-refractivity contribution in [3.05, 3.63) is 24.3 Å². The molecule has 0 amide bonds. The van der Waals surface area contributed by atoms with Gasteiger partial charge in [0.2, 0.25) is 10.0 Å². The van der Waals surface area contributed by atoms with Gasteiger partial charge in [-0.25, -0.2) is 8.42 Å².